The highest BCUT2D eigenvalue weighted by Crippen LogP contribution is 2.33. The van der Waals surface area contributed by atoms with Gasteiger partial charge < -0.3 is 10.1 Å². The summed E-state index contributed by atoms with van der Waals surface area (Å²) in [4.78, 5) is 25.5. The van der Waals surface area contributed by atoms with E-state index >= 15 is 0 Å². The molecular weight excluding hydrogens is 294 g/mol. The molecule has 1 aromatic carbocycles. The standard InChI is InChI=1S/C15H18F2N2O3/c1-3-5-22-15(21)12(4-2)19-13-7-10(17)9(16)6-11(13)18-8-14(19)20/h6-7,12,18H,3-5,8H2,1-2H3. The lowest BCUT2D eigenvalue weighted by molar-refractivity contribution is -0.146. The zero-order valence-corrected chi connectivity index (χ0v) is 12.5. The number of esters is 1. The van der Waals surface area contributed by atoms with Crippen molar-refractivity contribution in [3.63, 3.8) is 0 Å². The minimum absolute atomic E-state index is 0.0877. The first kappa shape index (κ1) is 16.2. The maximum atomic E-state index is 13.5. The Kier molecular flexibility index (Phi) is 4.95. The van der Waals surface area contributed by atoms with Gasteiger partial charge in [0.25, 0.3) is 0 Å². The Morgan fingerprint density at radius 1 is 1.36 bits per heavy atom. The van der Waals surface area contributed by atoms with Crippen LogP contribution in [0.25, 0.3) is 0 Å². The number of nitrogens with zero attached hydrogens (tertiary/aromatic N) is 1. The summed E-state index contributed by atoms with van der Waals surface area (Å²) in [6.45, 7) is 3.75. The van der Waals surface area contributed by atoms with Crippen LogP contribution in [-0.4, -0.2) is 31.1 Å². The molecule has 0 aromatic heterocycles. The molecule has 1 heterocycles. The zero-order chi connectivity index (χ0) is 16.3. The van der Waals surface area contributed by atoms with Crippen molar-refractivity contribution in [2.45, 2.75) is 32.7 Å². The molecule has 1 atom stereocenters. The first-order valence-electron chi connectivity index (χ1n) is 7.21. The quantitative estimate of drug-likeness (QED) is 0.849. The van der Waals surface area contributed by atoms with E-state index in [4.69, 9.17) is 4.74 Å². The van der Waals surface area contributed by atoms with Crippen LogP contribution in [0.15, 0.2) is 12.1 Å². The van der Waals surface area contributed by atoms with Crippen molar-refractivity contribution in [1.29, 1.82) is 0 Å². The van der Waals surface area contributed by atoms with Crippen LogP contribution in [0.5, 0.6) is 0 Å². The molecule has 1 aromatic rings. The number of amides is 1. The van der Waals surface area contributed by atoms with Gasteiger partial charge in [-0.05, 0) is 12.8 Å². The lowest BCUT2D eigenvalue weighted by Crippen LogP contribution is -2.50. The van der Waals surface area contributed by atoms with Gasteiger partial charge in [0.2, 0.25) is 5.91 Å². The van der Waals surface area contributed by atoms with Gasteiger partial charge in [-0.15, -0.1) is 0 Å². The van der Waals surface area contributed by atoms with Crippen LogP contribution in [-0.2, 0) is 14.3 Å². The van der Waals surface area contributed by atoms with Crippen LogP contribution in [0.4, 0.5) is 20.2 Å². The largest absolute Gasteiger partial charge is 0.464 e. The molecule has 0 fully saturated rings. The van der Waals surface area contributed by atoms with E-state index in [1.165, 1.54) is 4.90 Å². The Hall–Kier alpha value is -2.18. The maximum Gasteiger partial charge on any atom is 0.329 e. The molecular formula is C15H18F2N2O3. The fourth-order valence-corrected chi connectivity index (χ4v) is 2.36. The van der Waals surface area contributed by atoms with Gasteiger partial charge in [-0.3, -0.25) is 9.69 Å². The highest BCUT2D eigenvalue weighted by Gasteiger charge is 2.35. The molecule has 22 heavy (non-hydrogen) atoms. The summed E-state index contributed by atoms with van der Waals surface area (Å²) in [5.74, 6) is -3.02. The minimum atomic E-state index is -1.07. The third kappa shape index (κ3) is 3.03. The van der Waals surface area contributed by atoms with Gasteiger partial charge in [0.05, 0.1) is 24.5 Å². The van der Waals surface area contributed by atoms with Gasteiger partial charge in [0.1, 0.15) is 6.04 Å². The summed E-state index contributed by atoms with van der Waals surface area (Å²) in [6, 6.07) is 1.04. The molecule has 0 saturated carbocycles. The highest BCUT2D eigenvalue weighted by molar-refractivity contribution is 6.06. The molecule has 1 amide bonds. The number of carbonyl (C=O) groups excluding carboxylic acids is 2. The van der Waals surface area contributed by atoms with Crippen LogP contribution in [0.3, 0.4) is 0 Å². The third-order valence-corrected chi connectivity index (χ3v) is 3.42. The highest BCUT2D eigenvalue weighted by atomic mass is 19.2. The number of carbonyl (C=O) groups is 2. The van der Waals surface area contributed by atoms with Gasteiger partial charge in [0, 0.05) is 12.1 Å². The Morgan fingerprint density at radius 2 is 2.05 bits per heavy atom. The molecule has 2 rings (SSSR count). The fourth-order valence-electron chi connectivity index (χ4n) is 2.36. The Labute approximate surface area is 127 Å². The average Bonchev–Trinajstić information content (AvgIpc) is 2.50. The molecule has 7 heteroatoms. The predicted octanol–water partition coefficient (Wildman–Crippen LogP) is 2.46. The lowest BCUT2D eigenvalue weighted by Gasteiger charge is -2.34. The average molecular weight is 312 g/mol. The van der Waals surface area contributed by atoms with Crippen LogP contribution in [0.2, 0.25) is 0 Å². The smallest absolute Gasteiger partial charge is 0.329 e. The molecule has 5 nitrogen and oxygen atoms in total. The molecule has 1 N–H and O–H groups in total. The second kappa shape index (κ2) is 6.72. The predicted molar refractivity (Wildman–Crippen MR) is 77.7 cm³/mol. The molecule has 0 saturated heterocycles. The second-order valence-electron chi connectivity index (χ2n) is 4.99. The second-order valence-corrected chi connectivity index (χ2v) is 4.99. The van der Waals surface area contributed by atoms with Crippen molar-refractivity contribution in [1.82, 2.24) is 0 Å². The molecule has 0 aliphatic carbocycles. The Morgan fingerprint density at radius 3 is 2.68 bits per heavy atom. The van der Waals surface area contributed by atoms with E-state index < -0.39 is 23.6 Å². The summed E-state index contributed by atoms with van der Waals surface area (Å²) in [5.41, 5.74) is 0.427. The molecule has 0 bridgehead atoms. The van der Waals surface area contributed by atoms with E-state index in [0.717, 1.165) is 12.1 Å². The fraction of sp³-hybridized carbons (Fsp3) is 0.467. The first-order chi connectivity index (χ1) is 10.5. The van der Waals surface area contributed by atoms with Crippen LogP contribution < -0.4 is 10.2 Å². The Bertz CT molecular complexity index is 592. The number of nitrogens with one attached hydrogen (secondary N) is 1. The molecule has 0 radical (unpaired) electrons. The summed E-state index contributed by atoms with van der Waals surface area (Å²) in [6.07, 6.45) is 0.973. The van der Waals surface area contributed by atoms with E-state index in [0.29, 0.717) is 12.8 Å². The molecule has 120 valence electrons. The molecule has 0 spiro atoms. The van der Waals surface area contributed by atoms with Crippen LogP contribution >= 0.6 is 0 Å². The van der Waals surface area contributed by atoms with Gasteiger partial charge in [-0.1, -0.05) is 13.8 Å². The monoisotopic (exact) mass is 312 g/mol. The van der Waals surface area contributed by atoms with E-state index in [1.807, 2.05) is 6.92 Å². The van der Waals surface area contributed by atoms with Gasteiger partial charge >= 0.3 is 5.97 Å². The summed E-state index contributed by atoms with van der Waals surface area (Å²) in [7, 11) is 0. The number of halogens is 2. The topological polar surface area (TPSA) is 58.6 Å². The molecule has 1 aliphatic heterocycles. The number of rotatable bonds is 5. The summed E-state index contributed by atoms with van der Waals surface area (Å²) < 4.78 is 31.9. The van der Waals surface area contributed by atoms with Crippen molar-refractivity contribution in [3.05, 3.63) is 23.8 Å². The van der Waals surface area contributed by atoms with Crippen molar-refractivity contribution in [2.24, 2.45) is 0 Å². The van der Waals surface area contributed by atoms with Crippen LogP contribution in [0.1, 0.15) is 26.7 Å². The lowest BCUT2D eigenvalue weighted by atomic mass is 10.1. The van der Waals surface area contributed by atoms with Crippen molar-refractivity contribution in [3.8, 4) is 0 Å². The molecule has 1 aliphatic rings. The summed E-state index contributed by atoms with van der Waals surface area (Å²) in [5, 5.41) is 2.72. The normalized spacial score (nSPS) is 15.1. The van der Waals surface area contributed by atoms with Crippen LogP contribution in [0, 0.1) is 11.6 Å². The number of fused-ring (bicyclic) bond motifs is 1. The van der Waals surface area contributed by atoms with Gasteiger partial charge in [0.15, 0.2) is 11.6 Å². The zero-order valence-electron chi connectivity index (χ0n) is 12.5. The van der Waals surface area contributed by atoms with E-state index in [9.17, 15) is 18.4 Å². The van der Waals surface area contributed by atoms with Gasteiger partial charge in [-0.2, -0.15) is 0 Å². The van der Waals surface area contributed by atoms with Gasteiger partial charge in [-0.25, -0.2) is 13.6 Å². The van der Waals surface area contributed by atoms with Crippen molar-refractivity contribution in [2.75, 3.05) is 23.4 Å². The number of anilines is 2. The number of benzene rings is 1. The van der Waals surface area contributed by atoms with E-state index in [2.05, 4.69) is 5.32 Å². The maximum absolute atomic E-state index is 13.5. The molecule has 1 unspecified atom stereocenters. The minimum Gasteiger partial charge on any atom is -0.464 e. The first-order valence-corrected chi connectivity index (χ1v) is 7.21. The van der Waals surface area contributed by atoms with Crippen molar-refractivity contribution >= 4 is 23.3 Å². The number of hydrogen-bond acceptors (Lipinski definition) is 4. The number of ether oxygens (including phenoxy) is 1. The summed E-state index contributed by atoms with van der Waals surface area (Å²) >= 11 is 0. The number of hydrogen-bond donors (Lipinski definition) is 1. The SMILES string of the molecule is CCCOC(=O)C(CC)N1C(=O)CNc2cc(F)c(F)cc21. The van der Waals surface area contributed by atoms with E-state index in [-0.39, 0.29) is 30.4 Å². The van der Waals surface area contributed by atoms with E-state index in [1.54, 1.807) is 6.92 Å². The Balaban J connectivity index is 2.39. The van der Waals surface area contributed by atoms with Crippen molar-refractivity contribution < 1.29 is 23.1 Å². The third-order valence-electron chi connectivity index (χ3n) is 3.42.